The Morgan fingerprint density at radius 1 is 1.23 bits per heavy atom. The molecule has 1 N–H and O–H groups in total. The number of rotatable bonds is 3. The number of hydrogen-bond donors (Lipinski definition) is 1. The molecule has 0 amide bonds. The van der Waals surface area contributed by atoms with Gasteiger partial charge in [-0.2, -0.15) is 0 Å². The number of aliphatic hydroxyl groups is 1. The van der Waals surface area contributed by atoms with Gasteiger partial charge >= 0.3 is 0 Å². The monoisotopic (exact) mass is 350 g/mol. The van der Waals surface area contributed by atoms with Crippen LogP contribution in [0.2, 0.25) is 0 Å². The minimum absolute atomic E-state index is 0.123. The van der Waals surface area contributed by atoms with E-state index in [0.717, 1.165) is 34.6 Å². The molecule has 1 spiro atoms. The molecule has 4 saturated carbocycles. The maximum atomic E-state index is 14.7. The second-order valence-corrected chi connectivity index (χ2v) is 9.69. The third-order valence-corrected chi connectivity index (χ3v) is 9.21. The largest absolute Gasteiger partial charge is 0.392 e. The summed E-state index contributed by atoms with van der Waals surface area (Å²) in [4.78, 5) is 4.29. The summed E-state index contributed by atoms with van der Waals surface area (Å²) in [5, 5.41) is 11.5. The smallest absolute Gasteiger partial charge is 0.129 e. The highest BCUT2D eigenvalue weighted by molar-refractivity contribution is 5.69. The highest BCUT2D eigenvalue weighted by Gasteiger charge is 2.81. The lowest BCUT2D eigenvalue weighted by Gasteiger charge is -2.74. The van der Waals surface area contributed by atoms with Crippen LogP contribution in [-0.2, 0) is 0 Å². The number of nitrogens with zero attached hydrogens (tertiary/aromatic N) is 2. The predicted octanol–water partition coefficient (Wildman–Crippen LogP) is 4.17. The van der Waals surface area contributed by atoms with Crippen LogP contribution in [0.5, 0.6) is 0 Å². The van der Waals surface area contributed by atoms with E-state index in [1.165, 1.54) is 32.1 Å². The van der Waals surface area contributed by atoms with Gasteiger partial charge in [-0.15, -0.1) is 0 Å². The summed E-state index contributed by atoms with van der Waals surface area (Å²) < 4.78 is 16.8. The molecule has 1 aromatic heterocycles. The summed E-state index contributed by atoms with van der Waals surface area (Å²) in [7, 11) is 0. The molecule has 4 heteroatoms. The third kappa shape index (κ3) is 1.30. The van der Waals surface area contributed by atoms with Crippen molar-refractivity contribution in [3.05, 3.63) is 42.1 Å². The molecule has 1 aliphatic heterocycles. The van der Waals surface area contributed by atoms with Crippen molar-refractivity contribution in [2.45, 2.75) is 50.7 Å². The van der Waals surface area contributed by atoms with Gasteiger partial charge in [-0.25, -0.2) is 9.37 Å². The van der Waals surface area contributed by atoms with Crippen molar-refractivity contribution in [3.63, 3.8) is 0 Å². The average Bonchev–Trinajstić information content (AvgIpc) is 3.31. The number of aliphatic hydroxyl groups excluding tert-OH is 1. The third-order valence-electron chi connectivity index (χ3n) is 9.21. The predicted molar refractivity (Wildman–Crippen MR) is 94.8 cm³/mol. The Kier molecular flexibility index (Phi) is 2.35. The van der Waals surface area contributed by atoms with Crippen molar-refractivity contribution >= 4 is 0 Å². The molecule has 1 aromatic carbocycles. The topological polar surface area (TPSA) is 38.1 Å². The van der Waals surface area contributed by atoms with Crippen LogP contribution in [0.3, 0.4) is 0 Å². The number of benzene rings is 1. The molecule has 0 radical (unpaired) electrons. The van der Waals surface area contributed by atoms with Crippen LogP contribution in [0.4, 0.5) is 4.39 Å². The molecular weight excluding hydrogens is 327 g/mol. The first kappa shape index (κ1) is 14.4. The Labute approximate surface area is 152 Å². The number of fused-ring (bicyclic) bond motifs is 4. The number of aromatic nitrogens is 2. The zero-order valence-corrected chi connectivity index (χ0v) is 14.7. The molecule has 26 heavy (non-hydrogen) atoms. The van der Waals surface area contributed by atoms with Gasteiger partial charge in [-0.3, -0.25) is 0 Å². The zero-order valence-electron chi connectivity index (χ0n) is 14.7. The van der Waals surface area contributed by atoms with E-state index in [2.05, 4.69) is 9.55 Å². The van der Waals surface area contributed by atoms with Crippen molar-refractivity contribution in [2.75, 3.05) is 0 Å². The van der Waals surface area contributed by atoms with E-state index in [4.69, 9.17) is 0 Å². The van der Waals surface area contributed by atoms with Crippen molar-refractivity contribution in [3.8, 4) is 11.3 Å². The summed E-state index contributed by atoms with van der Waals surface area (Å²) in [5.74, 6) is 2.41. The van der Waals surface area contributed by atoms with Gasteiger partial charge in [0, 0.05) is 16.5 Å². The van der Waals surface area contributed by atoms with Crippen LogP contribution < -0.4 is 0 Å². The summed E-state index contributed by atoms with van der Waals surface area (Å²) >= 11 is 0. The molecule has 5 aliphatic rings. The quantitative estimate of drug-likeness (QED) is 0.902. The van der Waals surface area contributed by atoms with Gasteiger partial charge in [0.25, 0.3) is 0 Å². The summed E-state index contributed by atoms with van der Waals surface area (Å²) in [6.45, 7) is 0. The fourth-order valence-electron chi connectivity index (χ4n) is 8.52. The minimum atomic E-state index is -0.336. The summed E-state index contributed by atoms with van der Waals surface area (Å²) in [5.41, 5.74) is 3.25. The fraction of sp³-hybridized carbons (Fsp3) is 0.591. The Balaban J connectivity index is 1.28. The zero-order chi connectivity index (χ0) is 17.3. The van der Waals surface area contributed by atoms with Crippen LogP contribution in [0.15, 0.2) is 30.7 Å². The molecule has 3 nitrogen and oxygen atoms in total. The lowest BCUT2D eigenvalue weighted by atomic mass is 9.30. The molecule has 2 bridgehead atoms. The van der Waals surface area contributed by atoms with Crippen LogP contribution >= 0.6 is 0 Å². The molecule has 7 atom stereocenters. The Morgan fingerprint density at radius 2 is 2.15 bits per heavy atom. The van der Waals surface area contributed by atoms with Crippen molar-refractivity contribution < 1.29 is 9.50 Å². The second-order valence-electron chi connectivity index (χ2n) is 9.69. The van der Waals surface area contributed by atoms with E-state index >= 15 is 0 Å². The number of imidazole rings is 1. The molecule has 7 unspecified atom stereocenters. The Bertz CT molecular complexity index is 953. The van der Waals surface area contributed by atoms with Crippen LogP contribution in [0.25, 0.3) is 11.3 Å². The van der Waals surface area contributed by atoms with Crippen molar-refractivity contribution in [2.24, 2.45) is 28.6 Å². The maximum absolute atomic E-state index is 14.7. The lowest BCUT2D eigenvalue weighted by molar-refractivity contribution is -0.282. The van der Waals surface area contributed by atoms with E-state index in [0.29, 0.717) is 11.8 Å². The van der Waals surface area contributed by atoms with E-state index in [-0.39, 0.29) is 23.4 Å². The number of hydrogen-bond acceptors (Lipinski definition) is 2. The molecule has 2 heterocycles. The van der Waals surface area contributed by atoms with E-state index in [1.807, 2.05) is 12.3 Å². The first-order chi connectivity index (χ1) is 12.6. The molecular formula is C22H23FN2O. The fourth-order valence-corrected chi connectivity index (χ4v) is 8.52. The van der Waals surface area contributed by atoms with Gasteiger partial charge in [-0.1, -0.05) is 12.1 Å². The molecule has 2 aromatic rings. The van der Waals surface area contributed by atoms with Gasteiger partial charge in [0.05, 0.1) is 30.4 Å². The molecule has 134 valence electrons. The standard InChI is InChI=1S/C22H23FN2O/c23-16-3-1-2-15-18-10-24-11-25(18)17(20(15)16)6-19(26)21-7-12-4-13-5-14(9-21)22(13,21)8-12/h1-3,10-14,17,19,26H,4-9H2. The van der Waals surface area contributed by atoms with Crippen LogP contribution in [0, 0.1) is 34.4 Å². The van der Waals surface area contributed by atoms with Crippen molar-refractivity contribution in [1.82, 2.24) is 9.55 Å². The van der Waals surface area contributed by atoms with Crippen LogP contribution in [-0.4, -0.2) is 20.8 Å². The van der Waals surface area contributed by atoms with Gasteiger partial charge < -0.3 is 9.67 Å². The SMILES string of the molecule is OC(CC1c2c(F)cccc2-c2cncn21)C12CC3CC4CC(C1)C42C3. The van der Waals surface area contributed by atoms with Gasteiger partial charge in [0.15, 0.2) is 0 Å². The van der Waals surface area contributed by atoms with Gasteiger partial charge in [-0.05, 0) is 67.8 Å². The van der Waals surface area contributed by atoms with E-state index in [9.17, 15) is 9.50 Å². The molecule has 0 saturated heterocycles. The van der Waals surface area contributed by atoms with Gasteiger partial charge in [0.1, 0.15) is 5.82 Å². The Hall–Kier alpha value is -1.68. The highest BCUT2D eigenvalue weighted by atomic mass is 19.1. The Morgan fingerprint density at radius 3 is 3.00 bits per heavy atom. The maximum Gasteiger partial charge on any atom is 0.129 e. The van der Waals surface area contributed by atoms with E-state index < -0.39 is 0 Å². The normalized spacial score (nSPS) is 44.1. The summed E-state index contributed by atoms with van der Waals surface area (Å²) in [6, 6.07) is 5.18. The summed E-state index contributed by atoms with van der Waals surface area (Å²) in [6.07, 6.45) is 10.5. The molecule has 4 fully saturated rings. The average molecular weight is 350 g/mol. The van der Waals surface area contributed by atoms with Crippen molar-refractivity contribution in [1.29, 1.82) is 0 Å². The highest BCUT2D eigenvalue weighted by Crippen LogP contribution is 2.87. The van der Waals surface area contributed by atoms with Gasteiger partial charge in [0.2, 0.25) is 0 Å². The first-order valence-electron chi connectivity index (χ1n) is 10.1. The molecule has 4 aliphatic carbocycles. The lowest BCUT2D eigenvalue weighted by Crippen LogP contribution is -2.70. The molecule has 7 rings (SSSR count). The minimum Gasteiger partial charge on any atom is -0.392 e. The number of halogens is 1. The second kappa shape index (κ2) is 4.24. The first-order valence-corrected chi connectivity index (χ1v) is 10.1. The van der Waals surface area contributed by atoms with E-state index in [1.54, 1.807) is 18.5 Å². The van der Waals surface area contributed by atoms with Crippen LogP contribution in [0.1, 0.15) is 50.1 Å².